The lowest BCUT2D eigenvalue weighted by atomic mass is 10.3. The molecular formula is C12H14N4O2S. The lowest BCUT2D eigenvalue weighted by Crippen LogP contribution is -2.11. The first kappa shape index (κ1) is 13.4. The average Bonchev–Trinajstić information content (AvgIpc) is 2.87. The van der Waals surface area contributed by atoms with Crippen molar-refractivity contribution in [3.8, 4) is 11.4 Å². The molecule has 0 aliphatic heterocycles. The molecule has 2 aromatic rings. The second-order valence-electron chi connectivity index (χ2n) is 3.75. The van der Waals surface area contributed by atoms with Crippen molar-refractivity contribution in [1.29, 1.82) is 0 Å². The molecule has 1 aromatic heterocycles. The van der Waals surface area contributed by atoms with Gasteiger partial charge in [0, 0.05) is 18.2 Å². The molecule has 0 radical (unpaired) electrons. The van der Waals surface area contributed by atoms with Crippen molar-refractivity contribution in [2.45, 2.75) is 11.6 Å². The van der Waals surface area contributed by atoms with Crippen molar-refractivity contribution >= 4 is 17.7 Å². The normalized spacial score (nSPS) is 10.4. The Bertz CT molecular complexity index is 570. The van der Waals surface area contributed by atoms with Crippen LogP contribution in [0.2, 0.25) is 0 Å². The molecule has 1 aromatic carbocycles. The van der Waals surface area contributed by atoms with Crippen LogP contribution in [0.25, 0.3) is 5.69 Å². The number of amides is 1. The van der Waals surface area contributed by atoms with E-state index in [1.165, 1.54) is 11.8 Å². The number of benzene rings is 1. The van der Waals surface area contributed by atoms with Crippen LogP contribution in [-0.4, -0.2) is 33.5 Å². The molecular weight excluding hydrogens is 264 g/mol. The topological polar surface area (TPSA) is 83.0 Å². The van der Waals surface area contributed by atoms with Crippen molar-refractivity contribution in [3.05, 3.63) is 30.6 Å². The Morgan fingerprint density at radius 1 is 1.53 bits per heavy atom. The van der Waals surface area contributed by atoms with E-state index < -0.39 is 0 Å². The highest BCUT2D eigenvalue weighted by molar-refractivity contribution is 7.99. The summed E-state index contributed by atoms with van der Waals surface area (Å²) in [6, 6.07) is 7.59. The number of nitrogens with two attached hydrogens (primary N) is 1. The summed E-state index contributed by atoms with van der Waals surface area (Å²) in [7, 11) is 1.62. The third kappa shape index (κ3) is 3.47. The Morgan fingerprint density at radius 2 is 2.37 bits per heavy atom. The highest BCUT2D eigenvalue weighted by Gasteiger charge is 2.08. The Kier molecular flexibility index (Phi) is 4.40. The van der Waals surface area contributed by atoms with Gasteiger partial charge < -0.3 is 10.5 Å². The molecule has 0 bridgehead atoms. The van der Waals surface area contributed by atoms with Crippen molar-refractivity contribution in [1.82, 2.24) is 14.8 Å². The Morgan fingerprint density at radius 3 is 3.11 bits per heavy atom. The summed E-state index contributed by atoms with van der Waals surface area (Å²) >= 11 is 1.44. The third-order valence-electron chi connectivity index (χ3n) is 2.43. The van der Waals surface area contributed by atoms with Crippen LogP contribution >= 0.6 is 11.8 Å². The van der Waals surface area contributed by atoms with Crippen molar-refractivity contribution in [2.75, 3.05) is 12.9 Å². The maximum atomic E-state index is 10.7. The third-order valence-corrected chi connectivity index (χ3v) is 3.37. The zero-order chi connectivity index (χ0) is 13.7. The zero-order valence-electron chi connectivity index (χ0n) is 10.4. The van der Waals surface area contributed by atoms with Crippen LogP contribution in [0.3, 0.4) is 0 Å². The van der Waals surface area contributed by atoms with E-state index in [4.69, 9.17) is 10.5 Å². The molecule has 0 unspecified atom stereocenters. The molecule has 2 rings (SSSR count). The fourth-order valence-corrected chi connectivity index (χ4v) is 2.39. The van der Waals surface area contributed by atoms with Gasteiger partial charge in [0.1, 0.15) is 12.1 Å². The van der Waals surface area contributed by atoms with Crippen LogP contribution in [0.4, 0.5) is 0 Å². The van der Waals surface area contributed by atoms with Gasteiger partial charge in [-0.1, -0.05) is 17.8 Å². The molecule has 0 fully saturated rings. The summed E-state index contributed by atoms with van der Waals surface area (Å²) in [5, 5.41) is 8.63. The first-order valence-electron chi connectivity index (χ1n) is 5.66. The molecule has 0 saturated carbocycles. The number of carbonyl (C=O) groups excluding carboxylic acids is 1. The van der Waals surface area contributed by atoms with Gasteiger partial charge in [-0.2, -0.15) is 0 Å². The summed E-state index contributed by atoms with van der Waals surface area (Å²) in [4.78, 5) is 10.7. The predicted molar refractivity (Wildman–Crippen MR) is 72.4 cm³/mol. The molecule has 7 heteroatoms. The van der Waals surface area contributed by atoms with Crippen LogP contribution in [0.1, 0.15) is 6.42 Å². The van der Waals surface area contributed by atoms with Gasteiger partial charge in [-0.15, -0.1) is 10.2 Å². The van der Waals surface area contributed by atoms with Gasteiger partial charge in [0.25, 0.3) is 0 Å². The molecule has 2 N–H and O–H groups in total. The quantitative estimate of drug-likeness (QED) is 0.804. The number of ether oxygens (including phenoxy) is 1. The average molecular weight is 278 g/mol. The molecule has 19 heavy (non-hydrogen) atoms. The summed E-state index contributed by atoms with van der Waals surface area (Å²) in [6.07, 6.45) is 1.94. The number of thioether (sulfide) groups is 1. The van der Waals surface area contributed by atoms with Gasteiger partial charge in [-0.05, 0) is 12.1 Å². The molecule has 6 nitrogen and oxygen atoms in total. The van der Waals surface area contributed by atoms with Crippen molar-refractivity contribution in [3.63, 3.8) is 0 Å². The second kappa shape index (κ2) is 6.24. The van der Waals surface area contributed by atoms with Gasteiger partial charge in [0.05, 0.1) is 12.8 Å². The largest absolute Gasteiger partial charge is 0.497 e. The van der Waals surface area contributed by atoms with Gasteiger partial charge in [0.15, 0.2) is 5.16 Å². The maximum absolute atomic E-state index is 10.7. The summed E-state index contributed by atoms with van der Waals surface area (Å²) in [6.45, 7) is 0. The number of methoxy groups -OCH3 is 1. The molecule has 1 amide bonds. The lowest BCUT2D eigenvalue weighted by molar-refractivity contribution is -0.117. The van der Waals surface area contributed by atoms with Crippen LogP contribution < -0.4 is 10.5 Å². The Hall–Kier alpha value is -2.02. The minimum Gasteiger partial charge on any atom is -0.497 e. The first-order valence-corrected chi connectivity index (χ1v) is 6.65. The number of primary amides is 1. The number of hydrogen-bond acceptors (Lipinski definition) is 5. The second-order valence-corrected chi connectivity index (χ2v) is 4.81. The minimum absolute atomic E-state index is 0.315. The number of nitrogens with zero attached hydrogens (tertiary/aromatic N) is 3. The number of aromatic nitrogens is 3. The summed E-state index contributed by atoms with van der Waals surface area (Å²) < 4.78 is 7.02. The van der Waals surface area contributed by atoms with Crippen LogP contribution in [0.15, 0.2) is 35.7 Å². The number of carbonyl (C=O) groups is 1. The molecule has 0 atom stereocenters. The van der Waals surface area contributed by atoms with E-state index in [1.807, 2.05) is 28.8 Å². The highest BCUT2D eigenvalue weighted by atomic mass is 32.2. The van der Waals surface area contributed by atoms with E-state index in [9.17, 15) is 4.79 Å². The van der Waals surface area contributed by atoms with E-state index in [0.29, 0.717) is 12.2 Å². The maximum Gasteiger partial charge on any atom is 0.218 e. The lowest BCUT2D eigenvalue weighted by Gasteiger charge is -2.07. The van der Waals surface area contributed by atoms with E-state index in [0.717, 1.165) is 16.6 Å². The smallest absolute Gasteiger partial charge is 0.218 e. The standard InChI is InChI=1S/C12H14N4O2S/c1-18-10-4-2-3-9(7-10)16-8-14-15-12(16)19-6-5-11(13)17/h2-4,7-8H,5-6H2,1H3,(H2,13,17). The Balaban J connectivity index is 2.16. The van der Waals surface area contributed by atoms with Gasteiger partial charge in [-0.3, -0.25) is 9.36 Å². The molecule has 1 heterocycles. The summed E-state index contributed by atoms with van der Waals surface area (Å²) in [5.74, 6) is 1.03. The summed E-state index contributed by atoms with van der Waals surface area (Å²) in [5.41, 5.74) is 6.02. The fourth-order valence-electron chi connectivity index (χ4n) is 1.50. The van der Waals surface area contributed by atoms with Crippen LogP contribution in [-0.2, 0) is 4.79 Å². The minimum atomic E-state index is -0.319. The zero-order valence-corrected chi connectivity index (χ0v) is 11.3. The van der Waals surface area contributed by atoms with E-state index in [2.05, 4.69) is 10.2 Å². The molecule has 100 valence electrons. The van der Waals surface area contributed by atoms with Gasteiger partial charge in [0.2, 0.25) is 5.91 Å². The first-order chi connectivity index (χ1) is 9.20. The molecule has 0 saturated heterocycles. The molecule has 0 aliphatic carbocycles. The fraction of sp³-hybridized carbons (Fsp3) is 0.250. The highest BCUT2D eigenvalue weighted by Crippen LogP contribution is 2.22. The number of hydrogen-bond donors (Lipinski definition) is 1. The van der Waals surface area contributed by atoms with Crippen LogP contribution in [0, 0.1) is 0 Å². The molecule has 0 aliphatic rings. The SMILES string of the molecule is COc1cccc(-n2cnnc2SCCC(N)=O)c1. The van der Waals surface area contributed by atoms with E-state index in [-0.39, 0.29) is 5.91 Å². The van der Waals surface area contributed by atoms with E-state index >= 15 is 0 Å². The van der Waals surface area contributed by atoms with E-state index in [1.54, 1.807) is 13.4 Å². The Labute approximate surface area is 115 Å². The monoisotopic (exact) mass is 278 g/mol. The van der Waals surface area contributed by atoms with Crippen LogP contribution in [0.5, 0.6) is 5.75 Å². The number of rotatable bonds is 6. The predicted octanol–water partition coefficient (Wildman–Crippen LogP) is 1.24. The van der Waals surface area contributed by atoms with Gasteiger partial charge in [-0.25, -0.2) is 0 Å². The van der Waals surface area contributed by atoms with Gasteiger partial charge >= 0.3 is 0 Å². The molecule has 0 spiro atoms. The van der Waals surface area contributed by atoms with Crippen molar-refractivity contribution in [2.24, 2.45) is 5.73 Å². The van der Waals surface area contributed by atoms with Crippen molar-refractivity contribution < 1.29 is 9.53 Å².